The largest absolute Gasteiger partial charge is 0.478 e. The maximum atomic E-state index is 11.5. The van der Waals surface area contributed by atoms with Crippen LogP contribution in [0.3, 0.4) is 0 Å². The lowest BCUT2D eigenvalue weighted by atomic mass is 9.99. The highest BCUT2D eigenvalue weighted by Gasteiger charge is 2.09. The zero-order valence-electron chi connectivity index (χ0n) is 11.7. The molecule has 0 unspecified atom stereocenters. The minimum absolute atomic E-state index is 0.247. The van der Waals surface area contributed by atoms with E-state index in [4.69, 9.17) is 4.74 Å². The summed E-state index contributed by atoms with van der Waals surface area (Å²) in [6.07, 6.45) is 3.78. The van der Waals surface area contributed by atoms with Gasteiger partial charge < -0.3 is 9.84 Å². The first-order chi connectivity index (χ1) is 10.1. The predicted octanol–water partition coefficient (Wildman–Crippen LogP) is 3.50. The first-order valence-electron chi connectivity index (χ1n) is 6.73. The monoisotopic (exact) mass is 284 g/mol. The number of hydrogen-bond donors (Lipinski definition) is 1. The number of carboxylic acids is 1. The fraction of sp³-hybridized carbons (Fsp3) is 0.176. The van der Waals surface area contributed by atoms with E-state index in [9.17, 15) is 14.7 Å². The second kappa shape index (κ2) is 6.70. The van der Waals surface area contributed by atoms with Gasteiger partial charge in [-0.1, -0.05) is 37.3 Å². The highest BCUT2D eigenvalue weighted by Crippen LogP contribution is 2.24. The molecular formula is C17H16O4. The highest BCUT2D eigenvalue weighted by molar-refractivity contribution is 6.06. The molecule has 1 N–H and O–H groups in total. The van der Waals surface area contributed by atoms with Crippen LogP contribution in [-0.2, 0) is 9.53 Å². The molecular weight excluding hydrogens is 268 g/mol. The van der Waals surface area contributed by atoms with E-state index < -0.39 is 11.9 Å². The number of esters is 1. The van der Waals surface area contributed by atoms with Crippen LogP contribution in [0, 0.1) is 0 Å². The average molecular weight is 284 g/mol. The van der Waals surface area contributed by atoms with Crippen molar-refractivity contribution in [1.29, 1.82) is 0 Å². The van der Waals surface area contributed by atoms with Crippen LogP contribution in [0.25, 0.3) is 16.8 Å². The van der Waals surface area contributed by atoms with E-state index in [-0.39, 0.29) is 5.56 Å². The molecule has 0 aliphatic rings. The molecule has 4 nitrogen and oxygen atoms in total. The summed E-state index contributed by atoms with van der Waals surface area (Å²) < 4.78 is 4.97. The van der Waals surface area contributed by atoms with Crippen LogP contribution in [0.2, 0.25) is 0 Å². The first-order valence-corrected chi connectivity index (χ1v) is 6.73. The van der Waals surface area contributed by atoms with Crippen LogP contribution in [0.5, 0.6) is 0 Å². The smallest absolute Gasteiger partial charge is 0.336 e. The van der Waals surface area contributed by atoms with Gasteiger partial charge in [-0.3, -0.25) is 0 Å². The fourth-order valence-electron chi connectivity index (χ4n) is 2.06. The number of ether oxygens (including phenoxy) is 1. The lowest BCUT2D eigenvalue weighted by Gasteiger charge is -2.06. The summed E-state index contributed by atoms with van der Waals surface area (Å²) in [6, 6.07) is 10.4. The van der Waals surface area contributed by atoms with Crippen molar-refractivity contribution in [3.63, 3.8) is 0 Å². The van der Waals surface area contributed by atoms with Crippen molar-refractivity contribution in [3.05, 3.63) is 53.6 Å². The Kier molecular flexibility index (Phi) is 4.72. The third-order valence-corrected chi connectivity index (χ3v) is 3.04. The van der Waals surface area contributed by atoms with E-state index in [1.54, 1.807) is 30.3 Å². The van der Waals surface area contributed by atoms with Gasteiger partial charge in [0.05, 0.1) is 12.2 Å². The first kappa shape index (κ1) is 14.8. The molecule has 0 aliphatic carbocycles. The standard InChI is InChI=1S/C17H16O4/c1-2-11-21-16(18)10-8-12-7-9-15(17(19)20)14-6-4-3-5-13(12)14/h3-10H,2,11H2,1H3,(H,19,20). The fourth-order valence-corrected chi connectivity index (χ4v) is 2.06. The van der Waals surface area contributed by atoms with E-state index in [0.717, 1.165) is 17.4 Å². The molecule has 2 aromatic rings. The zero-order valence-corrected chi connectivity index (χ0v) is 11.7. The molecule has 0 aliphatic heterocycles. The molecule has 4 heteroatoms. The number of carbonyl (C=O) groups excluding carboxylic acids is 1. The maximum absolute atomic E-state index is 11.5. The number of carbonyl (C=O) groups is 2. The van der Waals surface area contributed by atoms with E-state index in [1.807, 2.05) is 19.1 Å². The molecule has 0 bridgehead atoms. The quantitative estimate of drug-likeness (QED) is 0.674. The van der Waals surface area contributed by atoms with E-state index in [2.05, 4.69) is 0 Å². The molecule has 0 amide bonds. The molecule has 0 saturated heterocycles. The Morgan fingerprint density at radius 2 is 1.86 bits per heavy atom. The molecule has 0 fully saturated rings. The van der Waals surface area contributed by atoms with Crippen molar-refractivity contribution in [3.8, 4) is 0 Å². The second-order valence-electron chi connectivity index (χ2n) is 4.55. The Labute approximate surface area is 122 Å². The van der Waals surface area contributed by atoms with Crippen LogP contribution in [0.15, 0.2) is 42.5 Å². The lowest BCUT2D eigenvalue weighted by molar-refractivity contribution is -0.137. The van der Waals surface area contributed by atoms with Gasteiger partial charge >= 0.3 is 11.9 Å². The molecule has 0 spiro atoms. The maximum Gasteiger partial charge on any atom is 0.336 e. The summed E-state index contributed by atoms with van der Waals surface area (Å²) in [5.74, 6) is -1.37. The minimum Gasteiger partial charge on any atom is -0.478 e. The van der Waals surface area contributed by atoms with Gasteiger partial charge in [0.1, 0.15) is 0 Å². The number of carboxylic acid groups (broad SMARTS) is 1. The number of fused-ring (bicyclic) bond motifs is 1. The third kappa shape index (κ3) is 3.48. The van der Waals surface area contributed by atoms with Crippen LogP contribution >= 0.6 is 0 Å². The van der Waals surface area contributed by atoms with Gasteiger partial charge in [0.25, 0.3) is 0 Å². The van der Waals surface area contributed by atoms with Gasteiger partial charge in [-0.05, 0) is 34.9 Å². The molecule has 0 saturated carbocycles. The van der Waals surface area contributed by atoms with Crippen molar-refractivity contribution in [2.24, 2.45) is 0 Å². The Morgan fingerprint density at radius 1 is 1.14 bits per heavy atom. The van der Waals surface area contributed by atoms with Crippen LogP contribution in [-0.4, -0.2) is 23.7 Å². The Morgan fingerprint density at radius 3 is 2.52 bits per heavy atom. The second-order valence-corrected chi connectivity index (χ2v) is 4.55. The van der Waals surface area contributed by atoms with Crippen molar-refractivity contribution in [1.82, 2.24) is 0 Å². The van der Waals surface area contributed by atoms with Crippen LogP contribution in [0.1, 0.15) is 29.3 Å². The Hall–Kier alpha value is -2.62. The lowest BCUT2D eigenvalue weighted by Crippen LogP contribution is -2.01. The van der Waals surface area contributed by atoms with Gasteiger partial charge in [-0.15, -0.1) is 0 Å². The van der Waals surface area contributed by atoms with E-state index >= 15 is 0 Å². The average Bonchev–Trinajstić information content (AvgIpc) is 2.50. The molecule has 2 rings (SSSR count). The number of aromatic carboxylic acids is 1. The highest BCUT2D eigenvalue weighted by atomic mass is 16.5. The topological polar surface area (TPSA) is 63.6 Å². The molecule has 0 atom stereocenters. The van der Waals surface area contributed by atoms with Crippen LogP contribution in [0.4, 0.5) is 0 Å². The van der Waals surface area contributed by atoms with Crippen molar-refractivity contribution >= 4 is 28.8 Å². The number of rotatable bonds is 5. The molecule has 21 heavy (non-hydrogen) atoms. The normalized spacial score (nSPS) is 10.9. The van der Waals surface area contributed by atoms with Crippen molar-refractivity contribution < 1.29 is 19.4 Å². The zero-order chi connectivity index (χ0) is 15.2. The summed E-state index contributed by atoms with van der Waals surface area (Å²) >= 11 is 0. The summed E-state index contributed by atoms with van der Waals surface area (Å²) in [5.41, 5.74) is 1.03. The summed E-state index contributed by atoms with van der Waals surface area (Å²) in [5, 5.41) is 10.6. The molecule has 0 heterocycles. The van der Waals surface area contributed by atoms with Crippen LogP contribution < -0.4 is 0 Å². The number of hydrogen-bond acceptors (Lipinski definition) is 3. The summed E-state index contributed by atoms with van der Waals surface area (Å²) in [6.45, 7) is 2.32. The summed E-state index contributed by atoms with van der Waals surface area (Å²) in [4.78, 5) is 22.7. The van der Waals surface area contributed by atoms with Gasteiger partial charge in [0, 0.05) is 6.08 Å². The van der Waals surface area contributed by atoms with Gasteiger partial charge in [0.2, 0.25) is 0 Å². The Balaban J connectivity index is 2.38. The minimum atomic E-state index is -0.968. The van der Waals surface area contributed by atoms with Gasteiger partial charge in [0.15, 0.2) is 0 Å². The van der Waals surface area contributed by atoms with Crippen molar-refractivity contribution in [2.75, 3.05) is 6.61 Å². The number of benzene rings is 2. The van der Waals surface area contributed by atoms with Gasteiger partial charge in [-0.25, -0.2) is 9.59 Å². The molecule has 2 aromatic carbocycles. The Bertz CT molecular complexity index is 701. The van der Waals surface area contributed by atoms with Gasteiger partial charge in [-0.2, -0.15) is 0 Å². The SMILES string of the molecule is CCCOC(=O)C=Cc1ccc(C(=O)O)c2ccccc12. The summed E-state index contributed by atoms with van der Waals surface area (Å²) in [7, 11) is 0. The molecule has 108 valence electrons. The van der Waals surface area contributed by atoms with Crippen molar-refractivity contribution in [2.45, 2.75) is 13.3 Å². The van der Waals surface area contributed by atoms with E-state index in [1.165, 1.54) is 6.08 Å². The predicted molar refractivity (Wildman–Crippen MR) is 81.2 cm³/mol. The van der Waals surface area contributed by atoms with E-state index in [0.29, 0.717) is 12.0 Å². The molecule has 0 radical (unpaired) electrons. The third-order valence-electron chi connectivity index (χ3n) is 3.04. The molecule has 0 aromatic heterocycles.